The highest BCUT2D eigenvalue weighted by Crippen LogP contribution is 2.43. The lowest BCUT2D eigenvalue weighted by atomic mass is 10.1. The number of hydrogen-bond donors (Lipinski definition) is 0. The maximum atomic E-state index is 14.4. The third-order valence-electron chi connectivity index (χ3n) is 9.25. The van der Waals surface area contributed by atoms with Crippen molar-refractivity contribution in [2.75, 3.05) is 4.90 Å². The Bertz CT molecular complexity index is 2720. The summed E-state index contributed by atoms with van der Waals surface area (Å²) in [7, 11) is 0. The van der Waals surface area contributed by atoms with Crippen LogP contribution in [0, 0.1) is 20.2 Å². The fourth-order valence-electron chi connectivity index (χ4n) is 6.71. The molecule has 300 valence electrons. The molecule has 0 unspecified atom stereocenters. The van der Waals surface area contributed by atoms with E-state index in [2.05, 4.69) is 19.9 Å². The van der Waals surface area contributed by atoms with E-state index in [1.807, 2.05) is 57.9 Å². The van der Waals surface area contributed by atoms with Crippen LogP contribution in [0.25, 0.3) is 21.8 Å². The zero-order chi connectivity index (χ0) is 42.0. The molecule has 0 aliphatic carbocycles. The van der Waals surface area contributed by atoms with Gasteiger partial charge in [-0.05, 0) is 69.3 Å². The van der Waals surface area contributed by atoms with Gasteiger partial charge >= 0.3 is 6.09 Å². The summed E-state index contributed by atoms with van der Waals surface area (Å²) >= 11 is 2.57. The molecule has 0 aliphatic heterocycles. The number of nitrogens with zero attached hydrogens (tertiary/aromatic N) is 9. The molecule has 4 aromatic carbocycles. The lowest BCUT2D eigenvalue weighted by Gasteiger charge is -2.28. The summed E-state index contributed by atoms with van der Waals surface area (Å²) in [5, 5.41) is 25.5. The number of carbonyl (C=O) groups is 1. The van der Waals surface area contributed by atoms with Crippen molar-refractivity contribution in [3.63, 3.8) is 0 Å². The molecule has 0 saturated carbocycles. The van der Waals surface area contributed by atoms with Gasteiger partial charge in [-0.3, -0.25) is 20.2 Å². The van der Waals surface area contributed by atoms with Crippen molar-refractivity contribution in [3.8, 4) is 0 Å². The number of carbonyl (C=O) groups excluding carboxylic acids is 1. The Morgan fingerprint density at radius 3 is 1.47 bits per heavy atom. The van der Waals surface area contributed by atoms with Gasteiger partial charge in [0.25, 0.3) is 11.4 Å². The van der Waals surface area contributed by atoms with Crippen molar-refractivity contribution in [1.82, 2.24) is 29.1 Å². The first-order chi connectivity index (χ1) is 28.9. The van der Waals surface area contributed by atoms with Crippen LogP contribution in [0.4, 0.5) is 27.5 Å². The van der Waals surface area contributed by atoms with Gasteiger partial charge in [0, 0.05) is 81.0 Å². The Labute approximate surface area is 351 Å². The smallest absolute Gasteiger partial charge is 0.419 e. The van der Waals surface area contributed by atoms with Crippen LogP contribution in [0.15, 0.2) is 154 Å². The molecule has 0 saturated heterocycles. The highest BCUT2D eigenvalue weighted by atomic mass is 32.2. The summed E-state index contributed by atoms with van der Waals surface area (Å²) in [5.41, 5.74) is 3.33. The van der Waals surface area contributed by atoms with E-state index in [1.54, 1.807) is 82.0 Å². The monoisotopic (exact) mass is 837 g/mol. The summed E-state index contributed by atoms with van der Waals surface area (Å²) in [4.78, 5) is 58.3. The fraction of sp³-hybridized carbons (Fsp3) is 0.140. The molecule has 0 fully saturated rings. The van der Waals surface area contributed by atoms with Crippen LogP contribution in [0.2, 0.25) is 0 Å². The van der Waals surface area contributed by atoms with E-state index >= 15 is 0 Å². The largest absolute Gasteiger partial charge is 0.443 e. The van der Waals surface area contributed by atoms with Crippen LogP contribution < -0.4 is 4.90 Å². The molecule has 8 aromatic rings. The number of fused-ring (bicyclic) bond motifs is 2. The average molecular weight is 838 g/mol. The van der Waals surface area contributed by atoms with E-state index in [1.165, 1.54) is 53.2 Å². The number of rotatable bonds is 12. The molecule has 0 N–H and O–H groups in total. The van der Waals surface area contributed by atoms with Crippen molar-refractivity contribution in [3.05, 3.63) is 166 Å². The van der Waals surface area contributed by atoms with Crippen LogP contribution in [-0.4, -0.2) is 50.6 Å². The summed E-state index contributed by atoms with van der Waals surface area (Å²) < 4.78 is 10.0. The summed E-state index contributed by atoms with van der Waals surface area (Å²) in [6.45, 7) is 6.16. The number of nitro benzene ring substituents is 2. The van der Waals surface area contributed by atoms with E-state index in [-0.39, 0.29) is 11.4 Å². The molecule has 8 rings (SSSR count). The highest BCUT2D eigenvalue weighted by Gasteiger charge is 2.28. The minimum absolute atomic E-state index is 0.00365. The molecule has 4 aromatic heterocycles. The molecular weight excluding hydrogens is 803 g/mol. The van der Waals surface area contributed by atoms with Gasteiger partial charge in [-0.15, -0.1) is 0 Å². The van der Waals surface area contributed by atoms with Gasteiger partial charge in [-0.1, -0.05) is 47.8 Å². The van der Waals surface area contributed by atoms with Gasteiger partial charge in [-0.2, -0.15) is 0 Å². The SMILES string of the molecule is CC(C)(C)OC(=O)N(c1ccc2c(Sc3ccccc3[N+](=O)[O-])cn(Cc3cncnc3)c2c1)c1ccc2c(Sc3ccccc3[N+](=O)[O-])cn(Cc3cncnc3)c2c1. The Kier molecular flexibility index (Phi) is 11.0. The number of amides is 1. The maximum absolute atomic E-state index is 14.4. The van der Waals surface area contributed by atoms with Gasteiger partial charge in [0.05, 0.1) is 55.1 Å². The van der Waals surface area contributed by atoms with E-state index in [0.717, 1.165) is 42.7 Å². The number of para-hydroxylation sites is 2. The Balaban J connectivity index is 1.27. The van der Waals surface area contributed by atoms with E-state index in [9.17, 15) is 25.0 Å². The number of nitro groups is 2. The van der Waals surface area contributed by atoms with Gasteiger partial charge < -0.3 is 13.9 Å². The van der Waals surface area contributed by atoms with Crippen LogP contribution >= 0.6 is 23.5 Å². The second-order valence-corrected chi connectivity index (χ2v) is 16.8. The summed E-state index contributed by atoms with van der Waals surface area (Å²) in [6, 6.07) is 24.4. The molecule has 17 heteroatoms. The molecular formula is C43H35N9O6S2. The lowest BCUT2D eigenvalue weighted by Crippen LogP contribution is -2.33. The second-order valence-electron chi connectivity index (χ2n) is 14.6. The summed E-state index contributed by atoms with van der Waals surface area (Å²) in [5.74, 6) is 0. The van der Waals surface area contributed by atoms with Crippen molar-refractivity contribution < 1.29 is 19.4 Å². The molecule has 0 aliphatic rings. The van der Waals surface area contributed by atoms with Gasteiger partial charge in [0.15, 0.2) is 0 Å². The number of benzene rings is 4. The Morgan fingerprint density at radius 2 is 1.07 bits per heavy atom. The van der Waals surface area contributed by atoms with E-state index < -0.39 is 21.5 Å². The summed E-state index contributed by atoms with van der Waals surface area (Å²) in [6.07, 6.45) is 13.0. The van der Waals surface area contributed by atoms with Crippen LogP contribution in [0.5, 0.6) is 0 Å². The van der Waals surface area contributed by atoms with Crippen LogP contribution in [0.1, 0.15) is 31.9 Å². The number of ether oxygens (including phenoxy) is 1. The van der Waals surface area contributed by atoms with Crippen LogP contribution in [0.3, 0.4) is 0 Å². The first-order valence-electron chi connectivity index (χ1n) is 18.5. The minimum atomic E-state index is -0.840. The van der Waals surface area contributed by atoms with Crippen molar-refractivity contribution in [2.24, 2.45) is 0 Å². The minimum Gasteiger partial charge on any atom is -0.443 e. The molecule has 60 heavy (non-hydrogen) atoms. The third-order valence-corrected chi connectivity index (χ3v) is 11.5. The highest BCUT2D eigenvalue weighted by molar-refractivity contribution is 8.00. The van der Waals surface area contributed by atoms with Crippen molar-refractivity contribution in [1.29, 1.82) is 0 Å². The normalized spacial score (nSPS) is 11.5. The van der Waals surface area contributed by atoms with E-state index in [0.29, 0.717) is 34.3 Å². The van der Waals surface area contributed by atoms with E-state index in [4.69, 9.17) is 4.74 Å². The first kappa shape index (κ1) is 39.7. The van der Waals surface area contributed by atoms with Gasteiger partial charge in [0.1, 0.15) is 18.3 Å². The topological polar surface area (TPSA) is 177 Å². The molecule has 0 spiro atoms. The second kappa shape index (κ2) is 16.6. The zero-order valence-electron chi connectivity index (χ0n) is 32.4. The first-order valence-corrected chi connectivity index (χ1v) is 20.1. The van der Waals surface area contributed by atoms with Gasteiger partial charge in [0.2, 0.25) is 0 Å². The third kappa shape index (κ3) is 8.53. The molecule has 4 heterocycles. The van der Waals surface area contributed by atoms with Crippen LogP contribution in [-0.2, 0) is 17.8 Å². The predicted molar refractivity (Wildman–Crippen MR) is 229 cm³/mol. The Hall–Kier alpha value is -7.11. The number of anilines is 2. The van der Waals surface area contributed by atoms with Crippen molar-refractivity contribution >= 4 is 74.2 Å². The zero-order valence-corrected chi connectivity index (χ0v) is 34.0. The predicted octanol–water partition coefficient (Wildman–Crippen LogP) is 10.5. The van der Waals surface area contributed by atoms with Gasteiger partial charge in [-0.25, -0.2) is 29.6 Å². The molecule has 0 bridgehead atoms. The maximum Gasteiger partial charge on any atom is 0.419 e. The molecule has 0 radical (unpaired) electrons. The standard InChI is InChI=1S/C43H35N9O6S2/c1-43(2,3)58-42(53)50(30-12-14-32-36(16-30)48(22-28-18-44-26-45-19-28)24-40(32)59-38-10-6-4-8-34(38)51(54)55)31-13-15-33-37(17-31)49(23-29-20-46-27-47-21-29)25-41(33)60-39-11-7-5-9-35(39)52(56)57/h4-21,24-27H,22-23H2,1-3H3. The lowest BCUT2D eigenvalue weighted by molar-refractivity contribution is -0.387. The number of hydrogen-bond acceptors (Lipinski definition) is 12. The fourth-order valence-corrected chi connectivity index (χ4v) is 8.89. The average Bonchev–Trinajstić information content (AvgIpc) is 3.73. The molecule has 15 nitrogen and oxygen atoms in total. The molecule has 1 amide bonds. The quantitative estimate of drug-likeness (QED) is 0.0841. The number of aromatic nitrogens is 6. The van der Waals surface area contributed by atoms with Crippen molar-refractivity contribution in [2.45, 2.75) is 59.0 Å². The Morgan fingerprint density at radius 1 is 0.650 bits per heavy atom. The molecule has 0 atom stereocenters.